The molecule has 0 atom stereocenters. The monoisotopic (exact) mass is 207 g/mol. The normalized spacial score (nSPS) is 26.3. The van der Waals surface area contributed by atoms with Gasteiger partial charge < -0.3 is 10.5 Å². The Labute approximate surface area is 89.9 Å². The molecule has 1 aromatic heterocycles. The topological polar surface area (TPSA) is 61.0 Å². The maximum absolute atomic E-state index is 5.83. The standard InChI is InChI=1S/C11H17N3O/c1-8-6-7-13-11(14-8)15-10-4-2-9(12)3-5-10/h6-7,9-10H,2-5,12H2,1H3. The van der Waals surface area contributed by atoms with E-state index < -0.39 is 0 Å². The van der Waals surface area contributed by atoms with Crippen LogP contribution in [0, 0.1) is 6.92 Å². The second kappa shape index (κ2) is 4.57. The molecule has 2 N–H and O–H groups in total. The fourth-order valence-corrected chi connectivity index (χ4v) is 1.84. The summed E-state index contributed by atoms with van der Waals surface area (Å²) in [5.41, 5.74) is 6.77. The van der Waals surface area contributed by atoms with E-state index in [9.17, 15) is 0 Å². The minimum atomic E-state index is 0.242. The quantitative estimate of drug-likeness (QED) is 0.797. The van der Waals surface area contributed by atoms with Crippen LogP contribution in [0.25, 0.3) is 0 Å². The van der Waals surface area contributed by atoms with E-state index in [1.54, 1.807) is 6.20 Å². The summed E-state index contributed by atoms with van der Waals surface area (Å²) in [6.45, 7) is 1.94. The van der Waals surface area contributed by atoms with Crippen LogP contribution in [0.15, 0.2) is 12.3 Å². The first-order valence-electron chi connectivity index (χ1n) is 5.46. The van der Waals surface area contributed by atoms with Crippen LogP contribution in [-0.4, -0.2) is 22.1 Å². The van der Waals surface area contributed by atoms with Crippen LogP contribution < -0.4 is 10.5 Å². The first-order valence-corrected chi connectivity index (χ1v) is 5.46. The lowest BCUT2D eigenvalue weighted by atomic mass is 9.94. The summed E-state index contributed by atoms with van der Waals surface area (Å²) < 4.78 is 5.71. The minimum absolute atomic E-state index is 0.242. The summed E-state index contributed by atoms with van der Waals surface area (Å²) in [6, 6.07) is 2.71. The molecule has 0 bridgehead atoms. The first kappa shape index (κ1) is 10.4. The van der Waals surface area contributed by atoms with Crippen LogP contribution in [0.5, 0.6) is 6.01 Å². The van der Waals surface area contributed by atoms with Crippen molar-refractivity contribution in [1.29, 1.82) is 0 Å². The molecule has 1 heterocycles. The Balaban J connectivity index is 1.92. The molecule has 2 rings (SSSR count). The molecule has 82 valence electrons. The Kier molecular flexibility index (Phi) is 3.16. The van der Waals surface area contributed by atoms with Crippen molar-refractivity contribution in [2.75, 3.05) is 0 Å². The highest BCUT2D eigenvalue weighted by atomic mass is 16.5. The van der Waals surface area contributed by atoms with Gasteiger partial charge in [0.1, 0.15) is 6.10 Å². The van der Waals surface area contributed by atoms with E-state index in [0.717, 1.165) is 31.4 Å². The molecule has 0 spiro atoms. The molecule has 0 amide bonds. The molecule has 0 radical (unpaired) electrons. The molecule has 1 aliphatic rings. The number of hydrogen-bond acceptors (Lipinski definition) is 4. The van der Waals surface area contributed by atoms with Crippen molar-refractivity contribution in [2.45, 2.75) is 44.8 Å². The summed E-state index contributed by atoms with van der Waals surface area (Å²) in [6.07, 6.45) is 6.07. The number of nitrogens with two attached hydrogens (primary N) is 1. The van der Waals surface area contributed by atoms with Crippen molar-refractivity contribution < 1.29 is 4.74 Å². The number of nitrogens with zero attached hydrogens (tertiary/aromatic N) is 2. The van der Waals surface area contributed by atoms with Gasteiger partial charge in [-0.25, -0.2) is 9.97 Å². The lowest BCUT2D eigenvalue weighted by molar-refractivity contribution is 0.134. The molecule has 4 heteroatoms. The molecular formula is C11H17N3O. The van der Waals surface area contributed by atoms with E-state index >= 15 is 0 Å². The van der Waals surface area contributed by atoms with Gasteiger partial charge in [0.15, 0.2) is 0 Å². The fourth-order valence-electron chi connectivity index (χ4n) is 1.84. The van der Waals surface area contributed by atoms with Gasteiger partial charge in [-0.05, 0) is 38.7 Å². The SMILES string of the molecule is Cc1ccnc(OC2CCC(N)CC2)n1. The molecule has 1 saturated carbocycles. The molecule has 0 unspecified atom stereocenters. The highest BCUT2D eigenvalue weighted by Gasteiger charge is 2.20. The van der Waals surface area contributed by atoms with E-state index in [0.29, 0.717) is 12.1 Å². The van der Waals surface area contributed by atoms with Gasteiger partial charge in [0.05, 0.1) is 0 Å². The van der Waals surface area contributed by atoms with E-state index in [1.165, 1.54) is 0 Å². The zero-order valence-electron chi connectivity index (χ0n) is 9.02. The zero-order valence-corrected chi connectivity index (χ0v) is 9.02. The summed E-state index contributed by atoms with van der Waals surface area (Å²) in [5, 5.41) is 0. The Morgan fingerprint density at radius 1 is 1.33 bits per heavy atom. The molecular weight excluding hydrogens is 190 g/mol. The van der Waals surface area contributed by atoms with Gasteiger partial charge in [-0.2, -0.15) is 0 Å². The Morgan fingerprint density at radius 3 is 2.73 bits per heavy atom. The minimum Gasteiger partial charge on any atom is -0.460 e. The number of hydrogen-bond donors (Lipinski definition) is 1. The molecule has 0 aliphatic heterocycles. The molecule has 1 aromatic rings. The fraction of sp³-hybridized carbons (Fsp3) is 0.636. The zero-order chi connectivity index (χ0) is 10.7. The summed E-state index contributed by atoms with van der Waals surface area (Å²) in [7, 11) is 0. The Hall–Kier alpha value is -1.16. The number of rotatable bonds is 2. The van der Waals surface area contributed by atoms with Crippen LogP contribution >= 0.6 is 0 Å². The van der Waals surface area contributed by atoms with Crippen LogP contribution in [0.4, 0.5) is 0 Å². The second-order valence-corrected chi connectivity index (χ2v) is 4.14. The second-order valence-electron chi connectivity index (χ2n) is 4.14. The van der Waals surface area contributed by atoms with E-state index in [1.807, 2.05) is 13.0 Å². The van der Waals surface area contributed by atoms with Crippen molar-refractivity contribution in [3.63, 3.8) is 0 Å². The Morgan fingerprint density at radius 2 is 2.07 bits per heavy atom. The average molecular weight is 207 g/mol. The van der Waals surface area contributed by atoms with Gasteiger partial charge in [0.25, 0.3) is 0 Å². The third-order valence-corrected chi connectivity index (χ3v) is 2.76. The average Bonchev–Trinajstić information content (AvgIpc) is 2.22. The smallest absolute Gasteiger partial charge is 0.316 e. The Bertz CT molecular complexity index is 321. The largest absolute Gasteiger partial charge is 0.460 e. The molecule has 15 heavy (non-hydrogen) atoms. The van der Waals surface area contributed by atoms with Crippen LogP contribution in [0.1, 0.15) is 31.4 Å². The number of ether oxygens (including phenoxy) is 1. The van der Waals surface area contributed by atoms with Gasteiger partial charge in [-0.3, -0.25) is 0 Å². The number of aromatic nitrogens is 2. The van der Waals surface area contributed by atoms with E-state index in [-0.39, 0.29) is 6.10 Å². The highest BCUT2D eigenvalue weighted by Crippen LogP contribution is 2.20. The van der Waals surface area contributed by atoms with Gasteiger partial charge in [0, 0.05) is 17.9 Å². The predicted octanol–water partition coefficient (Wildman–Crippen LogP) is 1.43. The van der Waals surface area contributed by atoms with Crippen LogP contribution in [-0.2, 0) is 0 Å². The van der Waals surface area contributed by atoms with Crippen LogP contribution in [0.3, 0.4) is 0 Å². The third kappa shape index (κ3) is 2.89. The van der Waals surface area contributed by atoms with Crippen molar-refractivity contribution >= 4 is 0 Å². The van der Waals surface area contributed by atoms with Crippen LogP contribution in [0.2, 0.25) is 0 Å². The lowest BCUT2D eigenvalue weighted by Crippen LogP contribution is -2.32. The van der Waals surface area contributed by atoms with Gasteiger partial charge >= 0.3 is 6.01 Å². The van der Waals surface area contributed by atoms with Gasteiger partial charge in [-0.15, -0.1) is 0 Å². The molecule has 1 aliphatic carbocycles. The van der Waals surface area contributed by atoms with E-state index in [4.69, 9.17) is 10.5 Å². The van der Waals surface area contributed by atoms with E-state index in [2.05, 4.69) is 9.97 Å². The lowest BCUT2D eigenvalue weighted by Gasteiger charge is -2.25. The molecule has 0 aromatic carbocycles. The number of aryl methyl sites for hydroxylation is 1. The summed E-state index contributed by atoms with van der Waals surface area (Å²) >= 11 is 0. The molecule has 1 fully saturated rings. The highest BCUT2D eigenvalue weighted by molar-refractivity contribution is 5.03. The van der Waals surface area contributed by atoms with Gasteiger partial charge in [-0.1, -0.05) is 0 Å². The maximum Gasteiger partial charge on any atom is 0.316 e. The molecule has 4 nitrogen and oxygen atoms in total. The third-order valence-electron chi connectivity index (χ3n) is 2.76. The van der Waals surface area contributed by atoms with Crippen molar-refractivity contribution in [2.24, 2.45) is 5.73 Å². The summed E-state index contributed by atoms with van der Waals surface area (Å²) in [5.74, 6) is 0. The van der Waals surface area contributed by atoms with Gasteiger partial charge in [0.2, 0.25) is 0 Å². The molecule has 0 saturated heterocycles. The first-order chi connectivity index (χ1) is 7.24. The van der Waals surface area contributed by atoms with Crippen molar-refractivity contribution in [1.82, 2.24) is 9.97 Å². The maximum atomic E-state index is 5.83. The van der Waals surface area contributed by atoms with Crippen molar-refractivity contribution in [3.8, 4) is 6.01 Å². The summed E-state index contributed by atoms with van der Waals surface area (Å²) in [4.78, 5) is 8.31. The predicted molar refractivity (Wildman–Crippen MR) is 57.6 cm³/mol. The van der Waals surface area contributed by atoms with Crippen molar-refractivity contribution in [3.05, 3.63) is 18.0 Å².